The number of hydrogen-bond acceptors (Lipinski definition) is 8. The van der Waals surface area contributed by atoms with Crippen LogP contribution in [-0.4, -0.2) is 76.0 Å². The van der Waals surface area contributed by atoms with Gasteiger partial charge >= 0.3 is 0 Å². The Labute approximate surface area is 146 Å². The minimum absolute atomic E-state index is 0.0638. The lowest BCUT2D eigenvalue weighted by molar-refractivity contribution is -0.169. The Morgan fingerprint density at radius 3 is 1.12 bits per heavy atom. The molecule has 0 rings (SSSR count). The first kappa shape index (κ1) is 23.7. The standard InChI is InChI=1S/C16H38N4O4/c1-12(17)5-21-9-16(24-8-15(4)20,10-22-6-13(2)18)11-23-7-14(3)19/h12-15H,5-11,17-20H2,1-4H3. The minimum Gasteiger partial charge on any atom is -0.377 e. The largest absolute Gasteiger partial charge is 0.377 e. The summed E-state index contributed by atoms with van der Waals surface area (Å²) in [5.41, 5.74) is 22.3. The average Bonchev–Trinajstić information content (AvgIpc) is 2.43. The van der Waals surface area contributed by atoms with Crippen molar-refractivity contribution < 1.29 is 18.9 Å². The zero-order chi connectivity index (χ0) is 18.6. The van der Waals surface area contributed by atoms with E-state index in [0.29, 0.717) is 46.2 Å². The fraction of sp³-hybridized carbons (Fsp3) is 1.00. The Hall–Kier alpha value is -0.320. The van der Waals surface area contributed by atoms with Gasteiger partial charge in [0, 0.05) is 24.2 Å². The molecular weight excluding hydrogens is 312 g/mol. The molecular formula is C16H38N4O4. The Morgan fingerprint density at radius 2 is 0.875 bits per heavy atom. The van der Waals surface area contributed by atoms with Gasteiger partial charge in [-0.05, 0) is 27.7 Å². The van der Waals surface area contributed by atoms with Crippen molar-refractivity contribution in [2.24, 2.45) is 22.9 Å². The minimum atomic E-state index is -0.772. The van der Waals surface area contributed by atoms with Crippen LogP contribution in [-0.2, 0) is 18.9 Å². The smallest absolute Gasteiger partial charge is 0.138 e. The summed E-state index contributed by atoms with van der Waals surface area (Å²) in [4.78, 5) is 0. The molecule has 8 heteroatoms. The fourth-order valence-corrected chi connectivity index (χ4v) is 1.85. The summed E-state index contributed by atoms with van der Waals surface area (Å²) in [5, 5.41) is 0. The van der Waals surface area contributed by atoms with Crippen molar-refractivity contribution in [1.29, 1.82) is 0 Å². The molecule has 8 nitrogen and oxygen atoms in total. The molecule has 0 spiro atoms. The van der Waals surface area contributed by atoms with Crippen molar-refractivity contribution in [3.05, 3.63) is 0 Å². The van der Waals surface area contributed by atoms with Crippen LogP contribution in [0.1, 0.15) is 27.7 Å². The molecule has 4 unspecified atom stereocenters. The Balaban J connectivity index is 4.83. The van der Waals surface area contributed by atoms with Crippen LogP contribution in [0.3, 0.4) is 0 Å². The van der Waals surface area contributed by atoms with Crippen LogP contribution in [0, 0.1) is 0 Å². The number of hydrogen-bond donors (Lipinski definition) is 4. The molecule has 24 heavy (non-hydrogen) atoms. The quantitative estimate of drug-likeness (QED) is 0.300. The molecule has 0 bridgehead atoms. The first-order chi connectivity index (χ1) is 11.2. The molecule has 8 N–H and O–H groups in total. The molecule has 0 saturated carbocycles. The predicted molar refractivity (Wildman–Crippen MR) is 95.7 cm³/mol. The first-order valence-electron chi connectivity index (χ1n) is 8.56. The van der Waals surface area contributed by atoms with Crippen molar-refractivity contribution in [3.63, 3.8) is 0 Å². The highest BCUT2D eigenvalue weighted by atomic mass is 16.6. The summed E-state index contributed by atoms with van der Waals surface area (Å²) in [6.45, 7) is 10.0. The fourth-order valence-electron chi connectivity index (χ4n) is 1.85. The monoisotopic (exact) mass is 350 g/mol. The molecule has 0 aromatic heterocycles. The lowest BCUT2D eigenvalue weighted by Gasteiger charge is -2.34. The van der Waals surface area contributed by atoms with Crippen molar-refractivity contribution in [2.75, 3.05) is 46.2 Å². The Kier molecular flexibility index (Phi) is 12.8. The maximum atomic E-state index is 6.01. The van der Waals surface area contributed by atoms with Gasteiger partial charge in [-0.15, -0.1) is 0 Å². The molecule has 0 aliphatic heterocycles. The van der Waals surface area contributed by atoms with Crippen LogP contribution in [0.5, 0.6) is 0 Å². The summed E-state index contributed by atoms with van der Waals surface area (Å²) in [5.74, 6) is 0. The number of ether oxygens (including phenoxy) is 4. The summed E-state index contributed by atoms with van der Waals surface area (Å²) in [7, 11) is 0. The van der Waals surface area contributed by atoms with Gasteiger partial charge in [0.1, 0.15) is 5.60 Å². The lowest BCUT2D eigenvalue weighted by Crippen LogP contribution is -2.50. The van der Waals surface area contributed by atoms with Crippen LogP contribution in [0.4, 0.5) is 0 Å². The van der Waals surface area contributed by atoms with E-state index >= 15 is 0 Å². The van der Waals surface area contributed by atoms with Gasteiger partial charge in [-0.2, -0.15) is 0 Å². The molecule has 0 aliphatic rings. The van der Waals surface area contributed by atoms with E-state index in [9.17, 15) is 0 Å². The van der Waals surface area contributed by atoms with Gasteiger partial charge in [0.15, 0.2) is 0 Å². The molecule has 0 radical (unpaired) electrons. The summed E-state index contributed by atoms with van der Waals surface area (Å²) < 4.78 is 23.1. The van der Waals surface area contributed by atoms with Crippen LogP contribution in [0.15, 0.2) is 0 Å². The second kappa shape index (κ2) is 13.0. The predicted octanol–water partition coefficient (Wildman–Crippen LogP) is -0.820. The van der Waals surface area contributed by atoms with Crippen molar-refractivity contribution in [2.45, 2.75) is 57.5 Å². The SMILES string of the molecule is CC(N)COCC(COCC(C)N)(COCC(C)N)OCC(C)N. The second-order valence-corrected chi connectivity index (χ2v) is 6.95. The van der Waals surface area contributed by atoms with E-state index in [1.807, 2.05) is 27.7 Å². The van der Waals surface area contributed by atoms with E-state index in [0.717, 1.165) is 0 Å². The summed E-state index contributed by atoms with van der Waals surface area (Å²) in [6.07, 6.45) is 0. The second-order valence-electron chi connectivity index (χ2n) is 6.95. The maximum absolute atomic E-state index is 6.01. The van der Waals surface area contributed by atoms with Crippen LogP contribution >= 0.6 is 0 Å². The van der Waals surface area contributed by atoms with Gasteiger partial charge in [-0.1, -0.05) is 0 Å². The highest BCUT2D eigenvalue weighted by molar-refractivity contribution is 4.82. The molecule has 0 aromatic rings. The third kappa shape index (κ3) is 13.0. The van der Waals surface area contributed by atoms with Crippen LogP contribution in [0.2, 0.25) is 0 Å². The highest BCUT2D eigenvalue weighted by Gasteiger charge is 2.33. The van der Waals surface area contributed by atoms with Gasteiger partial charge in [0.2, 0.25) is 0 Å². The van der Waals surface area contributed by atoms with Crippen molar-refractivity contribution >= 4 is 0 Å². The molecule has 0 fully saturated rings. The molecule has 0 aliphatic carbocycles. The maximum Gasteiger partial charge on any atom is 0.138 e. The molecule has 4 atom stereocenters. The molecule has 0 saturated heterocycles. The molecule has 146 valence electrons. The Bertz CT molecular complexity index is 266. The summed E-state index contributed by atoms with van der Waals surface area (Å²) in [6, 6.07) is -0.303. The average molecular weight is 351 g/mol. The van der Waals surface area contributed by atoms with E-state index in [-0.39, 0.29) is 24.2 Å². The first-order valence-corrected chi connectivity index (χ1v) is 8.56. The zero-order valence-corrected chi connectivity index (χ0v) is 15.7. The molecule has 0 heterocycles. The van der Waals surface area contributed by atoms with Gasteiger partial charge in [-0.25, -0.2) is 0 Å². The van der Waals surface area contributed by atoms with Crippen LogP contribution < -0.4 is 22.9 Å². The van der Waals surface area contributed by atoms with E-state index < -0.39 is 5.60 Å². The number of nitrogens with two attached hydrogens (primary N) is 4. The van der Waals surface area contributed by atoms with E-state index in [1.165, 1.54) is 0 Å². The van der Waals surface area contributed by atoms with Gasteiger partial charge in [0.25, 0.3) is 0 Å². The third-order valence-corrected chi connectivity index (χ3v) is 2.89. The van der Waals surface area contributed by atoms with E-state index in [2.05, 4.69) is 0 Å². The molecule has 0 aromatic carbocycles. The topological polar surface area (TPSA) is 141 Å². The van der Waals surface area contributed by atoms with Gasteiger partial charge in [0.05, 0.1) is 46.2 Å². The van der Waals surface area contributed by atoms with Crippen molar-refractivity contribution in [1.82, 2.24) is 0 Å². The number of rotatable bonds is 15. The highest BCUT2D eigenvalue weighted by Crippen LogP contribution is 2.15. The normalized spacial score (nSPS) is 19.5. The summed E-state index contributed by atoms with van der Waals surface area (Å²) >= 11 is 0. The molecule has 0 amide bonds. The van der Waals surface area contributed by atoms with E-state index in [4.69, 9.17) is 41.9 Å². The van der Waals surface area contributed by atoms with Gasteiger partial charge < -0.3 is 41.9 Å². The zero-order valence-electron chi connectivity index (χ0n) is 15.7. The van der Waals surface area contributed by atoms with Crippen LogP contribution in [0.25, 0.3) is 0 Å². The third-order valence-electron chi connectivity index (χ3n) is 2.89. The Morgan fingerprint density at radius 1 is 0.583 bits per heavy atom. The van der Waals surface area contributed by atoms with E-state index in [1.54, 1.807) is 0 Å². The van der Waals surface area contributed by atoms with Crippen molar-refractivity contribution in [3.8, 4) is 0 Å². The lowest BCUT2D eigenvalue weighted by atomic mass is 10.1. The van der Waals surface area contributed by atoms with Gasteiger partial charge in [-0.3, -0.25) is 0 Å².